The lowest BCUT2D eigenvalue weighted by molar-refractivity contribution is 0.613. The molecule has 1 aromatic heterocycles. The number of thioether (sulfide) groups is 1. The summed E-state index contributed by atoms with van der Waals surface area (Å²) in [6.45, 7) is 2.32. The third-order valence-corrected chi connectivity index (χ3v) is 4.43. The van der Waals surface area contributed by atoms with Gasteiger partial charge in [0.25, 0.3) is 0 Å². The summed E-state index contributed by atoms with van der Waals surface area (Å²) in [5.74, 6) is 1.24. The molecule has 0 aliphatic heterocycles. The van der Waals surface area contributed by atoms with Crippen LogP contribution in [0.5, 0.6) is 0 Å². The van der Waals surface area contributed by atoms with Crippen LogP contribution in [0.25, 0.3) is 10.9 Å². The number of anilines is 1. The van der Waals surface area contributed by atoms with Crippen LogP contribution in [0.1, 0.15) is 12.5 Å². The molecule has 3 nitrogen and oxygen atoms in total. The summed E-state index contributed by atoms with van der Waals surface area (Å²) in [6.07, 6.45) is 0. The van der Waals surface area contributed by atoms with E-state index in [0.29, 0.717) is 21.6 Å². The minimum absolute atomic E-state index is 0.267. The SMILES string of the molecule is CCSc1nc(NCc2c(F)cccc2Cl)c2ccccc2n1. The van der Waals surface area contributed by atoms with E-state index in [1.165, 1.54) is 6.07 Å². The summed E-state index contributed by atoms with van der Waals surface area (Å²) < 4.78 is 13.9. The van der Waals surface area contributed by atoms with Gasteiger partial charge in [0.05, 0.1) is 5.52 Å². The standard InChI is InChI=1S/C17H15ClFN3S/c1-2-23-17-21-15-9-4-3-6-11(15)16(22-17)20-10-12-13(18)7-5-8-14(12)19/h3-9H,2,10H2,1H3,(H,20,21,22). The monoisotopic (exact) mass is 347 g/mol. The molecular weight excluding hydrogens is 333 g/mol. The zero-order chi connectivity index (χ0) is 16.2. The van der Waals surface area contributed by atoms with Gasteiger partial charge in [-0.2, -0.15) is 0 Å². The first-order chi connectivity index (χ1) is 11.2. The molecule has 1 heterocycles. The van der Waals surface area contributed by atoms with Crippen LogP contribution in [0, 0.1) is 5.82 Å². The molecule has 0 fully saturated rings. The van der Waals surface area contributed by atoms with Crippen LogP contribution >= 0.6 is 23.4 Å². The second-order valence-electron chi connectivity index (χ2n) is 4.86. The van der Waals surface area contributed by atoms with Crippen LogP contribution in [-0.2, 0) is 6.54 Å². The summed E-state index contributed by atoms with van der Waals surface area (Å²) in [4.78, 5) is 9.07. The molecule has 2 aromatic carbocycles. The molecule has 0 saturated heterocycles. The lowest BCUT2D eigenvalue weighted by atomic mass is 10.2. The van der Waals surface area contributed by atoms with Crippen LogP contribution in [0.4, 0.5) is 10.2 Å². The molecule has 0 unspecified atom stereocenters. The topological polar surface area (TPSA) is 37.8 Å². The highest BCUT2D eigenvalue weighted by Gasteiger charge is 2.10. The molecule has 23 heavy (non-hydrogen) atoms. The quantitative estimate of drug-likeness (QED) is 0.512. The number of rotatable bonds is 5. The summed E-state index contributed by atoms with van der Waals surface area (Å²) in [5.41, 5.74) is 1.29. The Morgan fingerprint density at radius 2 is 1.96 bits per heavy atom. The molecule has 6 heteroatoms. The number of fused-ring (bicyclic) bond motifs is 1. The first-order valence-corrected chi connectivity index (χ1v) is 8.61. The van der Waals surface area contributed by atoms with E-state index in [4.69, 9.17) is 11.6 Å². The van der Waals surface area contributed by atoms with Crippen molar-refractivity contribution in [2.45, 2.75) is 18.6 Å². The smallest absolute Gasteiger partial charge is 0.190 e. The molecule has 3 aromatic rings. The van der Waals surface area contributed by atoms with Gasteiger partial charge in [0.15, 0.2) is 5.16 Å². The highest BCUT2D eigenvalue weighted by Crippen LogP contribution is 2.26. The zero-order valence-corrected chi connectivity index (χ0v) is 14.1. The van der Waals surface area contributed by atoms with Gasteiger partial charge >= 0.3 is 0 Å². The van der Waals surface area contributed by atoms with Crippen molar-refractivity contribution in [1.29, 1.82) is 0 Å². The number of hydrogen-bond acceptors (Lipinski definition) is 4. The Balaban J connectivity index is 1.95. The van der Waals surface area contributed by atoms with E-state index in [2.05, 4.69) is 22.2 Å². The van der Waals surface area contributed by atoms with Gasteiger partial charge in [-0.1, -0.05) is 48.5 Å². The average molecular weight is 348 g/mol. The number of hydrogen-bond donors (Lipinski definition) is 1. The fourth-order valence-corrected chi connectivity index (χ4v) is 3.06. The molecule has 0 amide bonds. The lowest BCUT2D eigenvalue weighted by Crippen LogP contribution is -2.06. The number of halogens is 2. The highest BCUT2D eigenvalue weighted by molar-refractivity contribution is 7.99. The fourth-order valence-electron chi connectivity index (χ4n) is 2.26. The Kier molecular flexibility index (Phi) is 4.98. The Hall–Kier alpha value is -1.85. The second-order valence-corrected chi connectivity index (χ2v) is 6.50. The molecule has 1 N–H and O–H groups in total. The van der Waals surface area contributed by atoms with Gasteiger partial charge in [-0.3, -0.25) is 0 Å². The number of nitrogens with one attached hydrogen (secondary N) is 1. The van der Waals surface area contributed by atoms with E-state index in [-0.39, 0.29) is 12.4 Å². The van der Waals surface area contributed by atoms with Gasteiger partial charge in [-0.05, 0) is 30.0 Å². The van der Waals surface area contributed by atoms with Gasteiger partial charge in [0.2, 0.25) is 0 Å². The fraction of sp³-hybridized carbons (Fsp3) is 0.176. The maximum absolute atomic E-state index is 13.9. The summed E-state index contributed by atoms with van der Waals surface area (Å²) in [7, 11) is 0. The predicted molar refractivity (Wildman–Crippen MR) is 94.7 cm³/mol. The van der Waals surface area contributed by atoms with Crippen molar-refractivity contribution in [3.63, 3.8) is 0 Å². The third-order valence-electron chi connectivity index (χ3n) is 3.35. The zero-order valence-electron chi connectivity index (χ0n) is 12.5. The van der Waals surface area contributed by atoms with Crippen LogP contribution in [-0.4, -0.2) is 15.7 Å². The maximum Gasteiger partial charge on any atom is 0.190 e. The minimum Gasteiger partial charge on any atom is -0.365 e. The first-order valence-electron chi connectivity index (χ1n) is 7.25. The molecule has 0 bridgehead atoms. The molecule has 0 atom stereocenters. The lowest BCUT2D eigenvalue weighted by Gasteiger charge is -2.11. The van der Waals surface area contributed by atoms with Gasteiger partial charge in [-0.25, -0.2) is 14.4 Å². The normalized spacial score (nSPS) is 10.9. The molecule has 3 rings (SSSR count). The van der Waals surface area contributed by atoms with E-state index in [1.807, 2.05) is 24.3 Å². The van der Waals surface area contributed by atoms with Crippen molar-refractivity contribution >= 4 is 40.1 Å². The van der Waals surface area contributed by atoms with Crippen molar-refractivity contribution in [2.24, 2.45) is 0 Å². The first kappa shape index (κ1) is 16.0. The molecule has 0 aliphatic carbocycles. The molecule has 0 saturated carbocycles. The van der Waals surface area contributed by atoms with E-state index in [9.17, 15) is 4.39 Å². The number of nitrogens with zero attached hydrogens (tertiary/aromatic N) is 2. The van der Waals surface area contributed by atoms with Crippen molar-refractivity contribution < 1.29 is 4.39 Å². The molecule has 0 radical (unpaired) electrons. The Morgan fingerprint density at radius 1 is 1.13 bits per heavy atom. The van der Waals surface area contributed by atoms with E-state index >= 15 is 0 Å². The van der Waals surface area contributed by atoms with Crippen molar-refractivity contribution in [1.82, 2.24) is 9.97 Å². The molecule has 118 valence electrons. The van der Waals surface area contributed by atoms with Crippen LogP contribution in [0.15, 0.2) is 47.6 Å². The second kappa shape index (κ2) is 7.15. The Bertz CT molecular complexity index is 821. The number of aromatic nitrogens is 2. The minimum atomic E-state index is -0.327. The summed E-state index contributed by atoms with van der Waals surface area (Å²) in [6, 6.07) is 12.4. The van der Waals surface area contributed by atoms with E-state index in [1.54, 1.807) is 23.9 Å². The largest absolute Gasteiger partial charge is 0.365 e. The molecular formula is C17H15ClFN3S. The van der Waals surface area contributed by atoms with Crippen molar-refractivity contribution in [3.8, 4) is 0 Å². The Morgan fingerprint density at radius 3 is 2.74 bits per heavy atom. The van der Waals surface area contributed by atoms with Crippen LogP contribution in [0.3, 0.4) is 0 Å². The Labute approximate surface area is 143 Å². The van der Waals surface area contributed by atoms with Gasteiger partial charge in [0, 0.05) is 22.5 Å². The van der Waals surface area contributed by atoms with Crippen molar-refractivity contribution in [3.05, 3.63) is 58.9 Å². The van der Waals surface area contributed by atoms with Crippen LogP contribution in [0.2, 0.25) is 5.02 Å². The van der Waals surface area contributed by atoms with Gasteiger partial charge in [0.1, 0.15) is 11.6 Å². The summed E-state index contributed by atoms with van der Waals surface area (Å²) in [5, 5.41) is 5.20. The maximum atomic E-state index is 13.9. The summed E-state index contributed by atoms with van der Waals surface area (Å²) >= 11 is 7.65. The van der Waals surface area contributed by atoms with Crippen molar-refractivity contribution in [2.75, 3.05) is 11.1 Å². The molecule has 0 aliphatic rings. The number of benzene rings is 2. The van der Waals surface area contributed by atoms with E-state index < -0.39 is 0 Å². The van der Waals surface area contributed by atoms with Crippen LogP contribution < -0.4 is 5.32 Å². The number of para-hydroxylation sites is 1. The van der Waals surface area contributed by atoms with Gasteiger partial charge < -0.3 is 5.32 Å². The molecule has 0 spiro atoms. The predicted octanol–water partition coefficient (Wildman–Crippen LogP) is 5.15. The average Bonchev–Trinajstić information content (AvgIpc) is 2.54. The van der Waals surface area contributed by atoms with Gasteiger partial charge in [-0.15, -0.1) is 0 Å². The highest BCUT2D eigenvalue weighted by atomic mass is 35.5. The van der Waals surface area contributed by atoms with E-state index in [0.717, 1.165) is 16.7 Å². The third kappa shape index (κ3) is 3.57.